The normalized spacial score (nSPS) is 21.2. The Kier molecular flexibility index (Phi) is 12.9. The number of ketones is 2. The Labute approximate surface area is 360 Å². The smallest absolute Gasteiger partial charge is 0.416 e. The molecule has 0 spiro atoms. The van der Waals surface area contributed by atoms with E-state index in [0.29, 0.717) is 17.8 Å². The Hall–Kier alpha value is -6.36. The van der Waals surface area contributed by atoms with E-state index in [-0.39, 0.29) is 35.7 Å². The van der Waals surface area contributed by atoms with Gasteiger partial charge in [-0.15, -0.1) is 0 Å². The van der Waals surface area contributed by atoms with Gasteiger partial charge in [0, 0.05) is 36.8 Å². The van der Waals surface area contributed by atoms with Gasteiger partial charge in [0.2, 0.25) is 18.5 Å². The van der Waals surface area contributed by atoms with Crippen LogP contribution in [0.4, 0.5) is 42.5 Å². The number of carbonyl (C=O) groups excluding carboxylic acids is 6. The number of ether oxygens (including phenoxy) is 2. The number of esters is 1. The lowest BCUT2D eigenvalue weighted by Gasteiger charge is -2.50. The standard InChI is InChI=1S/C41H45F6N5O12/c1-38(2,3)52(37(61)64-16-63-26(54)10-17-8-19(40(42,43)44)13-20(9-17)41(45,46)47)15-25(53)49-23-14-24(50(4)5)21-11-18-12-22-30(51(6)7)33(57)29(36(48)60)35(59)39(22,62)34(58)27(18)32(56)28(21)31(23)55/h8-9,13-14,18,22,30,55-56,59,62H,10-12,15-16H2,1-7H3,(H2,48,60)(H,49,53)/t18-,22-,30-,39-/m0/s1. The number of anilines is 2. The summed E-state index contributed by atoms with van der Waals surface area (Å²) < 4.78 is 89.2. The van der Waals surface area contributed by atoms with Gasteiger partial charge in [0.1, 0.15) is 29.4 Å². The van der Waals surface area contributed by atoms with Crippen molar-refractivity contribution in [1.29, 1.82) is 0 Å². The summed E-state index contributed by atoms with van der Waals surface area (Å²) in [5.74, 6) is -11.0. The Morgan fingerprint density at radius 1 is 0.906 bits per heavy atom. The van der Waals surface area contributed by atoms with E-state index in [1.165, 1.54) is 45.8 Å². The second-order valence-corrected chi connectivity index (χ2v) is 16.9. The molecule has 0 heterocycles. The Balaban J connectivity index is 1.38. The predicted molar refractivity (Wildman–Crippen MR) is 211 cm³/mol. The van der Waals surface area contributed by atoms with E-state index in [1.54, 1.807) is 19.0 Å². The van der Waals surface area contributed by atoms with Crippen LogP contribution in [0.1, 0.15) is 55.0 Å². The highest BCUT2D eigenvalue weighted by atomic mass is 19.4. The van der Waals surface area contributed by atoms with Gasteiger partial charge in [0.15, 0.2) is 11.4 Å². The maximum absolute atomic E-state index is 14.3. The number of nitrogens with two attached hydrogens (primary N) is 1. The summed E-state index contributed by atoms with van der Waals surface area (Å²) in [7, 11) is 6.12. The fourth-order valence-electron chi connectivity index (χ4n) is 8.26. The molecule has 348 valence electrons. The van der Waals surface area contributed by atoms with Gasteiger partial charge in [-0.25, -0.2) is 4.79 Å². The molecule has 0 aliphatic heterocycles. The lowest BCUT2D eigenvalue weighted by Crippen LogP contribution is -2.65. The number of rotatable bonds is 10. The number of nitrogens with zero attached hydrogens (tertiary/aromatic N) is 3. The highest BCUT2D eigenvalue weighted by Gasteiger charge is 2.64. The number of Topliss-reactive ketones (excluding diaryl/α,β-unsaturated/α-hetero) is 2. The molecule has 0 aromatic heterocycles. The van der Waals surface area contributed by atoms with E-state index in [1.807, 2.05) is 0 Å². The Morgan fingerprint density at radius 2 is 1.48 bits per heavy atom. The summed E-state index contributed by atoms with van der Waals surface area (Å²) in [6.07, 6.45) is -12.9. The summed E-state index contributed by atoms with van der Waals surface area (Å²) in [6.45, 7) is 2.45. The molecule has 23 heteroatoms. The molecule has 7 N–H and O–H groups in total. The maximum atomic E-state index is 14.3. The second-order valence-electron chi connectivity index (χ2n) is 16.9. The molecule has 0 unspecified atom stereocenters. The van der Waals surface area contributed by atoms with Crippen LogP contribution in [0.2, 0.25) is 0 Å². The van der Waals surface area contributed by atoms with E-state index in [4.69, 9.17) is 15.2 Å². The first-order valence-electron chi connectivity index (χ1n) is 19.2. The summed E-state index contributed by atoms with van der Waals surface area (Å²) in [5, 5.41) is 48.8. The molecule has 4 atom stereocenters. The number of carbonyl (C=O) groups is 6. The average molecular weight is 914 g/mol. The van der Waals surface area contributed by atoms with Crippen LogP contribution < -0.4 is 16.0 Å². The minimum Gasteiger partial charge on any atom is -0.508 e. The molecule has 3 aliphatic carbocycles. The van der Waals surface area contributed by atoms with Crippen LogP contribution in [0.25, 0.3) is 5.76 Å². The molecule has 0 radical (unpaired) electrons. The molecule has 5 rings (SSSR count). The molecule has 0 bridgehead atoms. The number of phenols is 1. The quantitative estimate of drug-likeness (QED) is 0.0649. The fourth-order valence-corrected chi connectivity index (χ4v) is 8.26. The number of amides is 3. The van der Waals surface area contributed by atoms with Crippen molar-refractivity contribution in [2.24, 2.45) is 17.6 Å². The number of alkyl halides is 6. The lowest BCUT2D eigenvalue weighted by atomic mass is 9.57. The number of hydrogen-bond donors (Lipinski definition) is 6. The molecular formula is C41H45F6N5O12. The number of phenolic OH excluding ortho intramolecular Hbond substituents is 1. The zero-order valence-corrected chi connectivity index (χ0v) is 35.3. The SMILES string of the molecule is CN(C)c1cc(NC(=O)CN(C(=O)OCOC(=O)Cc2cc(C(F)(F)F)cc(C(F)(F)F)c2)C(C)(C)C)c(O)c2c1C[C@H]1C[C@H]3[C@H](N(C)C)C(=O)C(C(N)=O)=C(O)[C@@]3(O)C(=O)C1=C2O. The van der Waals surface area contributed by atoms with Crippen LogP contribution >= 0.6 is 0 Å². The van der Waals surface area contributed by atoms with Crippen molar-refractivity contribution >= 4 is 52.6 Å². The molecule has 2 aromatic rings. The number of aliphatic hydroxyl groups excluding tert-OH is 2. The van der Waals surface area contributed by atoms with Crippen LogP contribution in [0.15, 0.2) is 41.2 Å². The average Bonchev–Trinajstić information content (AvgIpc) is 3.14. The van der Waals surface area contributed by atoms with Gasteiger partial charge in [-0.2, -0.15) is 26.3 Å². The molecule has 1 fully saturated rings. The highest BCUT2D eigenvalue weighted by Crippen LogP contribution is 2.54. The first-order chi connectivity index (χ1) is 29.3. The molecule has 17 nitrogen and oxygen atoms in total. The first kappa shape index (κ1) is 48.7. The number of likely N-dealkylation sites (N-methyl/N-ethyl adjacent to an activating group) is 1. The van der Waals surface area contributed by atoms with Crippen molar-refractivity contribution < 1.29 is 85.0 Å². The van der Waals surface area contributed by atoms with Crippen LogP contribution in [0.3, 0.4) is 0 Å². The molecular weight excluding hydrogens is 868 g/mol. The van der Waals surface area contributed by atoms with Gasteiger partial charge in [0.05, 0.1) is 34.8 Å². The monoisotopic (exact) mass is 913 g/mol. The molecule has 1 saturated carbocycles. The number of halogens is 6. The third-order valence-corrected chi connectivity index (χ3v) is 11.2. The minimum atomic E-state index is -5.17. The van der Waals surface area contributed by atoms with E-state index in [9.17, 15) is 75.5 Å². The van der Waals surface area contributed by atoms with Gasteiger partial charge >= 0.3 is 24.4 Å². The van der Waals surface area contributed by atoms with Gasteiger partial charge in [0.25, 0.3) is 5.91 Å². The predicted octanol–water partition coefficient (Wildman–Crippen LogP) is 3.99. The van der Waals surface area contributed by atoms with Crippen molar-refractivity contribution in [2.45, 2.75) is 69.6 Å². The first-order valence-corrected chi connectivity index (χ1v) is 19.2. The third-order valence-electron chi connectivity index (χ3n) is 11.2. The van der Waals surface area contributed by atoms with E-state index < -0.39 is 142 Å². The zero-order chi connectivity index (χ0) is 48.3. The number of aromatic hydroxyl groups is 1. The Morgan fingerprint density at radius 3 is 1.98 bits per heavy atom. The number of primary amides is 1. The second kappa shape index (κ2) is 17.0. The summed E-state index contributed by atoms with van der Waals surface area (Å²) in [5.41, 5.74) is -4.24. The molecule has 3 aliphatic rings. The molecule has 0 saturated heterocycles. The molecule has 2 aromatic carbocycles. The van der Waals surface area contributed by atoms with Gasteiger partial charge < -0.3 is 45.9 Å². The topological polar surface area (TPSA) is 250 Å². The van der Waals surface area contributed by atoms with Crippen molar-refractivity contribution in [3.05, 3.63) is 69.0 Å². The minimum absolute atomic E-state index is 0.0629. The van der Waals surface area contributed by atoms with Crippen LogP contribution in [0, 0.1) is 11.8 Å². The fraction of sp³-hybridized carbons (Fsp3) is 0.463. The largest absolute Gasteiger partial charge is 0.508 e. The molecule has 64 heavy (non-hydrogen) atoms. The van der Waals surface area contributed by atoms with Gasteiger partial charge in [-0.3, -0.25) is 33.8 Å². The summed E-state index contributed by atoms with van der Waals surface area (Å²) in [4.78, 5) is 82.9. The lowest BCUT2D eigenvalue weighted by molar-refractivity contribution is -0.154. The number of hydrogen-bond acceptors (Lipinski definition) is 14. The molecule has 3 amide bonds. The van der Waals surface area contributed by atoms with Gasteiger partial charge in [-0.05, 0) is 89.0 Å². The van der Waals surface area contributed by atoms with E-state index in [0.717, 1.165) is 4.90 Å². The Bertz CT molecular complexity index is 2350. The van der Waals surface area contributed by atoms with E-state index >= 15 is 0 Å². The zero-order valence-electron chi connectivity index (χ0n) is 35.3. The van der Waals surface area contributed by atoms with Crippen molar-refractivity contribution in [3.63, 3.8) is 0 Å². The van der Waals surface area contributed by atoms with E-state index in [2.05, 4.69) is 5.32 Å². The number of nitrogens with one attached hydrogen (secondary N) is 1. The number of benzene rings is 2. The number of fused-ring (bicyclic) bond motifs is 3. The summed E-state index contributed by atoms with van der Waals surface area (Å²) in [6, 6.07) is 0.593. The van der Waals surface area contributed by atoms with Crippen LogP contribution in [0.5, 0.6) is 5.75 Å². The third kappa shape index (κ3) is 9.03. The van der Waals surface area contributed by atoms with Crippen LogP contribution in [-0.2, 0) is 58.6 Å². The van der Waals surface area contributed by atoms with Gasteiger partial charge in [-0.1, -0.05) is 0 Å². The number of aliphatic hydroxyl groups is 3. The van der Waals surface area contributed by atoms with Crippen molar-refractivity contribution in [3.8, 4) is 5.75 Å². The van der Waals surface area contributed by atoms with Crippen molar-refractivity contribution in [2.75, 3.05) is 51.7 Å². The van der Waals surface area contributed by atoms with Crippen molar-refractivity contribution in [1.82, 2.24) is 9.80 Å². The summed E-state index contributed by atoms with van der Waals surface area (Å²) >= 11 is 0. The van der Waals surface area contributed by atoms with Crippen LogP contribution in [-0.4, -0.2) is 124 Å². The highest BCUT2D eigenvalue weighted by molar-refractivity contribution is 6.24. The maximum Gasteiger partial charge on any atom is 0.416 e.